The molecule has 174 valence electrons. The first-order valence-electron chi connectivity index (χ1n) is 11.7. The van der Waals surface area contributed by atoms with E-state index in [0.717, 1.165) is 17.7 Å². The molecule has 2 fully saturated rings. The first-order chi connectivity index (χ1) is 16.0. The number of nitrogens with one attached hydrogen (secondary N) is 1. The summed E-state index contributed by atoms with van der Waals surface area (Å²) < 4.78 is 0. The second kappa shape index (κ2) is 10.6. The minimum Gasteiger partial charge on any atom is -0.351 e. The van der Waals surface area contributed by atoms with E-state index in [2.05, 4.69) is 17.1 Å². The van der Waals surface area contributed by atoms with E-state index >= 15 is 0 Å². The lowest BCUT2D eigenvalue weighted by Crippen LogP contribution is -2.52. The minimum absolute atomic E-state index is 0.00929. The Morgan fingerprint density at radius 1 is 0.970 bits per heavy atom. The average molecular weight is 449 g/mol. The Morgan fingerprint density at radius 3 is 2.42 bits per heavy atom. The topological polar surface area (TPSA) is 73.0 Å². The van der Waals surface area contributed by atoms with E-state index < -0.39 is 0 Å². The molecule has 0 radical (unpaired) electrons. The number of hydrogen-bond acceptors (Lipinski definition) is 4. The summed E-state index contributed by atoms with van der Waals surface area (Å²) in [5, 5.41) is 2.95. The molecule has 1 atom stereocenters. The average Bonchev–Trinajstić information content (AvgIpc) is 3.25. The summed E-state index contributed by atoms with van der Waals surface area (Å²) in [6.45, 7) is 5.86. The molecule has 0 saturated carbocycles. The van der Waals surface area contributed by atoms with Crippen LogP contribution in [0.2, 0.25) is 0 Å². The summed E-state index contributed by atoms with van der Waals surface area (Å²) in [6.07, 6.45) is 1.17. The molecular weight excluding hydrogens is 416 g/mol. The van der Waals surface area contributed by atoms with E-state index in [4.69, 9.17) is 0 Å². The molecule has 4 rings (SSSR count). The van der Waals surface area contributed by atoms with Gasteiger partial charge < -0.3 is 15.1 Å². The van der Waals surface area contributed by atoms with Crippen molar-refractivity contribution in [3.63, 3.8) is 0 Å². The molecule has 7 nitrogen and oxygen atoms in total. The standard InChI is InChI=1S/C26H32N4O3/c1-2-20-9-6-10-23(15-20)30-18-22(16-25(30)32)26(33)29-13-11-28(12-14-29)19-24(31)27-17-21-7-4-3-5-8-21/h3-10,15,22H,2,11-14,16-19H2,1H3,(H,27,31)/t22-/m0/s1. The number of nitrogens with zero attached hydrogens (tertiary/aromatic N) is 3. The van der Waals surface area contributed by atoms with Gasteiger partial charge >= 0.3 is 0 Å². The van der Waals surface area contributed by atoms with Crippen LogP contribution in [0, 0.1) is 5.92 Å². The third kappa shape index (κ3) is 5.79. The van der Waals surface area contributed by atoms with Crippen molar-refractivity contribution in [3.8, 4) is 0 Å². The van der Waals surface area contributed by atoms with Gasteiger partial charge in [-0.05, 0) is 29.7 Å². The minimum atomic E-state index is -0.302. The van der Waals surface area contributed by atoms with Crippen molar-refractivity contribution >= 4 is 23.4 Å². The van der Waals surface area contributed by atoms with Crippen molar-refractivity contribution < 1.29 is 14.4 Å². The smallest absolute Gasteiger partial charge is 0.234 e. The molecular formula is C26H32N4O3. The Labute approximate surface area is 195 Å². The largest absolute Gasteiger partial charge is 0.351 e. The fourth-order valence-electron chi connectivity index (χ4n) is 4.51. The fraction of sp³-hybridized carbons (Fsp3) is 0.423. The van der Waals surface area contributed by atoms with Crippen LogP contribution in [-0.2, 0) is 27.3 Å². The Kier molecular flexibility index (Phi) is 7.40. The van der Waals surface area contributed by atoms with Crippen molar-refractivity contribution in [2.24, 2.45) is 5.92 Å². The maximum absolute atomic E-state index is 13.1. The molecule has 0 spiro atoms. The van der Waals surface area contributed by atoms with Gasteiger partial charge in [0.25, 0.3) is 0 Å². The van der Waals surface area contributed by atoms with Crippen molar-refractivity contribution in [2.75, 3.05) is 44.2 Å². The highest BCUT2D eigenvalue weighted by Crippen LogP contribution is 2.27. The number of aryl methyl sites for hydroxylation is 1. The van der Waals surface area contributed by atoms with Gasteiger partial charge in [0.1, 0.15) is 0 Å². The molecule has 3 amide bonds. The molecule has 0 aromatic heterocycles. The summed E-state index contributed by atoms with van der Waals surface area (Å²) in [6, 6.07) is 17.8. The van der Waals surface area contributed by atoms with Gasteiger partial charge in [-0.1, -0.05) is 49.4 Å². The molecule has 2 aliphatic heterocycles. The predicted molar refractivity (Wildman–Crippen MR) is 128 cm³/mol. The molecule has 2 aliphatic rings. The summed E-state index contributed by atoms with van der Waals surface area (Å²) >= 11 is 0. The van der Waals surface area contributed by atoms with Gasteiger partial charge in [0, 0.05) is 51.4 Å². The van der Waals surface area contributed by atoms with Crippen molar-refractivity contribution in [1.82, 2.24) is 15.1 Å². The normalized spacial score (nSPS) is 19.1. The van der Waals surface area contributed by atoms with Crippen LogP contribution >= 0.6 is 0 Å². The predicted octanol–water partition coefficient (Wildman–Crippen LogP) is 2.06. The molecule has 2 aromatic rings. The number of amides is 3. The number of benzene rings is 2. The van der Waals surface area contributed by atoms with Crippen molar-refractivity contribution in [2.45, 2.75) is 26.3 Å². The van der Waals surface area contributed by atoms with Crippen LogP contribution in [0.15, 0.2) is 54.6 Å². The molecule has 0 bridgehead atoms. The Morgan fingerprint density at radius 2 is 1.70 bits per heavy atom. The molecule has 0 aliphatic carbocycles. The van der Waals surface area contributed by atoms with E-state index in [0.29, 0.717) is 45.8 Å². The van der Waals surface area contributed by atoms with E-state index in [1.165, 1.54) is 5.56 Å². The SMILES string of the molecule is CCc1cccc(N2C[C@@H](C(=O)N3CCN(CC(=O)NCc4ccccc4)CC3)CC2=O)c1. The zero-order chi connectivity index (χ0) is 23.2. The summed E-state index contributed by atoms with van der Waals surface area (Å²) in [5.74, 6) is -0.255. The highest BCUT2D eigenvalue weighted by Gasteiger charge is 2.38. The Hall–Kier alpha value is -3.19. The Balaban J connectivity index is 1.23. The van der Waals surface area contributed by atoms with Gasteiger partial charge in [-0.3, -0.25) is 19.3 Å². The fourth-order valence-corrected chi connectivity index (χ4v) is 4.51. The third-order valence-electron chi connectivity index (χ3n) is 6.49. The maximum Gasteiger partial charge on any atom is 0.234 e. The molecule has 33 heavy (non-hydrogen) atoms. The van der Waals surface area contributed by atoms with Gasteiger partial charge in [0.15, 0.2) is 0 Å². The van der Waals surface area contributed by atoms with Gasteiger partial charge in [-0.2, -0.15) is 0 Å². The number of rotatable bonds is 7. The zero-order valence-electron chi connectivity index (χ0n) is 19.2. The molecule has 2 heterocycles. The maximum atomic E-state index is 13.1. The van der Waals surface area contributed by atoms with E-state index in [-0.39, 0.29) is 30.1 Å². The van der Waals surface area contributed by atoms with Crippen LogP contribution in [0.4, 0.5) is 5.69 Å². The van der Waals surface area contributed by atoms with Gasteiger partial charge in [-0.25, -0.2) is 0 Å². The molecule has 7 heteroatoms. The first-order valence-corrected chi connectivity index (χ1v) is 11.7. The van der Waals surface area contributed by atoms with Crippen LogP contribution in [0.3, 0.4) is 0 Å². The number of anilines is 1. The molecule has 2 saturated heterocycles. The van der Waals surface area contributed by atoms with Crippen molar-refractivity contribution in [1.29, 1.82) is 0 Å². The summed E-state index contributed by atoms with van der Waals surface area (Å²) in [5.41, 5.74) is 3.13. The monoisotopic (exact) mass is 448 g/mol. The van der Waals surface area contributed by atoms with E-state index in [1.54, 1.807) is 4.90 Å². The van der Waals surface area contributed by atoms with E-state index in [9.17, 15) is 14.4 Å². The first kappa shape index (κ1) is 23.0. The molecule has 0 unspecified atom stereocenters. The van der Waals surface area contributed by atoms with Crippen LogP contribution in [0.5, 0.6) is 0 Å². The van der Waals surface area contributed by atoms with Crippen molar-refractivity contribution in [3.05, 3.63) is 65.7 Å². The van der Waals surface area contributed by atoms with Crippen LogP contribution < -0.4 is 10.2 Å². The van der Waals surface area contributed by atoms with Gasteiger partial charge in [-0.15, -0.1) is 0 Å². The lowest BCUT2D eigenvalue weighted by atomic mass is 10.1. The number of piperazine rings is 1. The zero-order valence-corrected chi connectivity index (χ0v) is 19.2. The van der Waals surface area contributed by atoms with Crippen LogP contribution in [0.1, 0.15) is 24.5 Å². The number of hydrogen-bond donors (Lipinski definition) is 1. The molecule has 2 aromatic carbocycles. The third-order valence-corrected chi connectivity index (χ3v) is 6.49. The second-order valence-corrected chi connectivity index (χ2v) is 8.79. The quantitative estimate of drug-likeness (QED) is 0.704. The van der Waals surface area contributed by atoms with Gasteiger partial charge in [0.2, 0.25) is 17.7 Å². The lowest BCUT2D eigenvalue weighted by molar-refractivity contribution is -0.137. The van der Waals surface area contributed by atoms with Gasteiger partial charge in [0.05, 0.1) is 12.5 Å². The van der Waals surface area contributed by atoms with E-state index in [1.807, 2.05) is 59.5 Å². The van der Waals surface area contributed by atoms with Crippen LogP contribution in [-0.4, -0.2) is 66.8 Å². The lowest BCUT2D eigenvalue weighted by Gasteiger charge is -2.35. The second-order valence-electron chi connectivity index (χ2n) is 8.79. The highest BCUT2D eigenvalue weighted by atomic mass is 16.2. The Bertz CT molecular complexity index is 986. The summed E-state index contributed by atoms with van der Waals surface area (Å²) in [4.78, 5) is 43.7. The number of carbonyl (C=O) groups is 3. The number of carbonyl (C=O) groups excluding carboxylic acids is 3. The highest BCUT2D eigenvalue weighted by molar-refractivity contribution is 6.00. The van der Waals surface area contributed by atoms with Crippen LogP contribution in [0.25, 0.3) is 0 Å². The molecule has 1 N–H and O–H groups in total. The summed E-state index contributed by atoms with van der Waals surface area (Å²) in [7, 11) is 0.